The highest BCUT2D eigenvalue weighted by molar-refractivity contribution is 7.10. The van der Waals surface area contributed by atoms with Gasteiger partial charge in [0.25, 0.3) is 0 Å². The minimum absolute atomic E-state index is 0.0333. The lowest BCUT2D eigenvalue weighted by molar-refractivity contribution is -0.138. The predicted octanol–water partition coefficient (Wildman–Crippen LogP) is 3.72. The normalized spacial score (nSPS) is 15.4. The van der Waals surface area contributed by atoms with Crippen LogP contribution < -0.4 is 10.1 Å². The summed E-state index contributed by atoms with van der Waals surface area (Å²) in [7, 11) is 1.47. The van der Waals surface area contributed by atoms with Crippen LogP contribution in [0.15, 0.2) is 29.6 Å². The summed E-state index contributed by atoms with van der Waals surface area (Å²) in [6.45, 7) is 11.9. The zero-order chi connectivity index (χ0) is 39.7. The number of aliphatic carboxylic acids is 1. The van der Waals surface area contributed by atoms with Gasteiger partial charge in [0, 0.05) is 24.5 Å². The number of likely N-dealkylation sites (N-methyl/N-ethyl adjacent to an activating group) is 1. The summed E-state index contributed by atoms with van der Waals surface area (Å²) >= 11 is 1.31. The molecule has 0 bridgehead atoms. The average molecular weight is 779 g/mol. The number of carbonyl (C=O) groups excluding carboxylic acids is 4. The molecule has 3 rings (SSSR count). The number of rotatable bonds is 23. The molecule has 1 aromatic carbocycles. The molecule has 54 heavy (non-hydrogen) atoms. The number of ether oxygens (including phenoxy) is 6. The Morgan fingerprint density at radius 3 is 2.19 bits per heavy atom. The molecule has 3 amide bonds. The number of carboxylic acids is 1. The molecule has 3 atom stereocenters. The molecule has 16 nitrogen and oxygen atoms in total. The maximum Gasteiger partial charge on any atom is 0.410 e. The second-order valence-corrected chi connectivity index (χ2v) is 14.4. The minimum Gasteiger partial charge on any atom is -0.491 e. The van der Waals surface area contributed by atoms with E-state index in [1.54, 1.807) is 69.2 Å². The summed E-state index contributed by atoms with van der Waals surface area (Å²) in [6.07, 6.45) is 0.747. The standard InChI is InChI=1S/C37H54N4O12S/c1-25(38-33(45)26(2)40(6)36(47)53-37(3,4)5)35(46)41-13-8-11-30(41)34-39-29(24-54-34)32(44)27-9-7-10-28(23-27)52-22-21-51-20-19-50-18-17-49-16-15-48-14-12-31(42)43/h7,9-10,23-26,30H,8,11-22H2,1-6H3,(H,38,45)(H,42,43)/t25-,26-,30-/m0/s1. The largest absolute Gasteiger partial charge is 0.491 e. The molecule has 1 aromatic heterocycles. The van der Waals surface area contributed by atoms with Crippen LogP contribution in [0.5, 0.6) is 5.75 Å². The molecule has 2 N–H and O–H groups in total. The number of carbonyl (C=O) groups is 5. The van der Waals surface area contributed by atoms with Crippen molar-refractivity contribution in [3.63, 3.8) is 0 Å². The van der Waals surface area contributed by atoms with Gasteiger partial charge >= 0.3 is 12.1 Å². The van der Waals surface area contributed by atoms with E-state index in [-0.39, 0.29) is 43.1 Å². The van der Waals surface area contributed by atoms with E-state index in [0.717, 1.165) is 6.42 Å². The molecule has 0 unspecified atom stereocenters. The van der Waals surface area contributed by atoms with Gasteiger partial charge in [0.2, 0.25) is 17.6 Å². The molecule has 0 saturated carbocycles. The molecule has 2 aromatic rings. The highest BCUT2D eigenvalue weighted by Gasteiger charge is 2.36. The zero-order valence-corrected chi connectivity index (χ0v) is 32.8. The number of likely N-dealkylation sites (tertiary alicyclic amines) is 1. The van der Waals surface area contributed by atoms with Crippen molar-refractivity contribution in [2.75, 3.05) is 73.1 Å². The molecule has 1 fully saturated rings. The molecule has 1 saturated heterocycles. The van der Waals surface area contributed by atoms with E-state index in [2.05, 4.69) is 10.3 Å². The fourth-order valence-corrected chi connectivity index (χ4v) is 6.10. The lowest BCUT2D eigenvalue weighted by Gasteiger charge is -2.30. The molecule has 1 aliphatic heterocycles. The van der Waals surface area contributed by atoms with E-state index < -0.39 is 35.7 Å². The van der Waals surface area contributed by atoms with E-state index in [1.807, 2.05) is 0 Å². The van der Waals surface area contributed by atoms with Crippen LogP contribution >= 0.6 is 11.3 Å². The van der Waals surface area contributed by atoms with Crippen molar-refractivity contribution in [1.29, 1.82) is 0 Å². The third-order valence-electron chi connectivity index (χ3n) is 8.12. The Bertz CT molecular complexity index is 1530. The van der Waals surface area contributed by atoms with Crippen LogP contribution in [0, 0.1) is 0 Å². The summed E-state index contributed by atoms with van der Waals surface area (Å²) < 4.78 is 32.6. The number of thiazole rings is 1. The Kier molecular flexibility index (Phi) is 18.2. The van der Waals surface area contributed by atoms with E-state index in [4.69, 9.17) is 33.5 Å². The highest BCUT2D eigenvalue weighted by Crippen LogP contribution is 2.34. The maximum absolute atomic E-state index is 13.5. The third kappa shape index (κ3) is 14.9. The molecule has 17 heteroatoms. The molecule has 0 aliphatic carbocycles. The van der Waals surface area contributed by atoms with Gasteiger partial charge in [-0.15, -0.1) is 11.3 Å². The number of carboxylic acid groups (broad SMARTS) is 1. The van der Waals surface area contributed by atoms with E-state index in [0.29, 0.717) is 75.5 Å². The number of hydrogen-bond donors (Lipinski definition) is 2. The zero-order valence-electron chi connectivity index (χ0n) is 32.0. The number of ketones is 1. The molecule has 2 heterocycles. The van der Waals surface area contributed by atoms with Crippen LogP contribution in [0.2, 0.25) is 0 Å². The lowest BCUT2D eigenvalue weighted by atomic mass is 10.1. The molecule has 300 valence electrons. The van der Waals surface area contributed by atoms with Crippen LogP contribution in [0.4, 0.5) is 4.79 Å². The minimum atomic E-state index is -0.899. The van der Waals surface area contributed by atoms with E-state index in [1.165, 1.54) is 23.3 Å². The van der Waals surface area contributed by atoms with Crippen LogP contribution in [0.1, 0.15) is 81.0 Å². The van der Waals surface area contributed by atoms with Crippen LogP contribution in [0.3, 0.4) is 0 Å². The number of amides is 3. The molecular weight excluding hydrogens is 724 g/mol. The molecule has 0 spiro atoms. The van der Waals surface area contributed by atoms with Crippen molar-refractivity contribution in [1.82, 2.24) is 20.1 Å². The van der Waals surface area contributed by atoms with Gasteiger partial charge in [-0.2, -0.15) is 0 Å². The van der Waals surface area contributed by atoms with Gasteiger partial charge in [-0.05, 0) is 59.6 Å². The second-order valence-electron chi connectivity index (χ2n) is 13.6. The summed E-state index contributed by atoms with van der Waals surface area (Å²) in [6, 6.07) is 4.78. The SMILES string of the molecule is C[C@H](NC(=O)[C@H](C)N(C)C(=O)OC(C)(C)C)C(=O)N1CCC[C@H]1c1nc(C(=O)c2cccc(OCCOCCOCCOCCOCCC(=O)O)c2)cs1. The van der Waals surface area contributed by atoms with Gasteiger partial charge in [0.1, 0.15) is 40.7 Å². The first-order valence-electron chi connectivity index (χ1n) is 18.0. The number of hydrogen-bond acceptors (Lipinski definition) is 13. The van der Waals surface area contributed by atoms with Crippen molar-refractivity contribution in [3.8, 4) is 5.75 Å². The summed E-state index contributed by atoms with van der Waals surface area (Å²) in [4.78, 5) is 70.2. The quantitative estimate of drug-likeness (QED) is 0.123. The van der Waals surface area contributed by atoms with Crippen LogP contribution in [-0.2, 0) is 38.1 Å². The smallest absolute Gasteiger partial charge is 0.410 e. The number of aromatic nitrogens is 1. The first-order chi connectivity index (χ1) is 25.7. The van der Waals surface area contributed by atoms with E-state index >= 15 is 0 Å². The van der Waals surface area contributed by atoms with Gasteiger partial charge in [-0.25, -0.2) is 9.78 Å². The number of nitrogens with one attached hydrogen (secondary N) is 1. The molecule has 1 aliphatic rings. The fraction of sp³-hybridized carbons (Fsp3) is 0.622. The number of nitrogens with zero attached hydrogens (tertiary/aromatic N) is 3. The Morgan fingerprint density at radius 2 is 1.57 bits per heavy atom. The number of benzene rings is 1. The van der Waals surface area contributed by atoms with Gasteiger partial charge in [-0.1, -0.05) is 12.1 Å². The summed E-state index contributed by atoms with van der Waals surface area (Å²) in [5.74, 6) is -1.42. The Labute approximate surface area is 320 Å². The van der Waals surface area contributed by atoms with Gasteiger partial charge < -0.3 is 43.7 Å². The Hall–Kier alpha value is -4.16. The second kappa shape index (κ2) is 22.3. The van der Waals surface area contributed by atoms with Crippen molar-refractivity contribution in [3.05, 3.63) is 45.9 Å². The molecular formula is C37H54N4O12S. The van der Waals surface area contributed by atoms with Crippen molar-refractivity contribution >= 4 is 41.0 Å². The van der Waals surface area contributed by atoms with Gasteiger partial charge in [-0.3, -0.25) is 24.1 Å². The van der Waals surface area contributed by atoms with Gasteiger partial charge in [0.05, 0.1) is 65.3 Å². The first kappa shape index (κ1) is 44.2. The van der Waals surface area contributed by atoms with Crippen molar-refractivity contribution in [2.45, 2.75) is 77.6 Å². The Balaban J connectivity index is 1.40. The Morgan fingerprint density at radius 1 is 0.963 bits per heavy atom. The fourth-order valence-electron chi connectivity index (χ4n) is 5.16. The van der Waals surface area contributed by atoms with Crippen molar-refractivity contribution in [2.24, 2.45) is 0 Å². The first-order valence-corrected chi connectivity index (χ1v) is 18.9. The molecule has 0 radical (unpaired) electrons. The van der Waals surface area contributed by atoms with E-state index in [9.17, 15) is 24.0 Å². The average Bonchev–Trinajstić information content (AvgIpc) is 3.82. The highest BCUT2D eigenvalue weighted by atomic mass is 32.1. The van der Waals surface area contributed by atoms with Crippen LogP contribution in [0.25, 0.3) is 0 Å². The lowest BCUT2D eigenvalue weighted by Crippen LogP contribution is -2.53. The summed E-state index contributed by atoms with van der Waals surface area (Å²) in [5, 5.41) is 13.6. The predicted molar refractivity (Wildman–Crippen MR) is 198 cm³/mol. The van der Waals surface area contributed by atoms with Crippen molar-refractivity contribution < 1.29 is 57.5 Å². The maximum atomic E-state index is 13.5. The topological polar surface area (TPSA) is 192 Å². The monoisotopic (exact) mass is 778 g/mol. The van der Waals surface area contributed by atoms with Crippen LogP contribution in [-0.4, -0.2) is 140 Å². The third-order valence-corrected chi connectivity index (χ3v) is 9.06. The summed E-state index contributed by atoms with van der Waals surface area (Å²) in [5.41, 5.74) is -0.0359. The van der Waals surface area contributed by atoms with Gasteiger partial charge in [0.15, 0.2) is 0 Å².